The molecule has 0 aromatic carbocycles. The number of rotatable bonds is 7. The van der Waals surface area contributed by atoms with Gasteiger partial charge in [-0.05, 0) is 32.5 Å². The van der Waals surface area contributed by atoms with Crippen LogP contribution in [-0.4, -0.2) is 42.7 Å². The molecule has 1 aromatic rings. The molecule has 2 N–H and O–H groups in total. The molecule has 1 aromatic heterocycles. The van der Waals surface area contributed by atoms with Crippen molar-refractivity contribution in [3.8, 4) is 0 Å². The van der Waals surface area contributed by atoms with E-state index in [-0.39, 0.29) is 18.2 Å². The molecule has 0 saturated heterocycles. The number of likely N-dealkylation sites (N-methyl/N-ethyl adjacent to an activating group) is 1. The van der Waals surface area contributed by atoms with E-state index in [1.165, 1.54) is 0 Å². The van der Waals surface area contributed by atoms with Crippen LogP contribution in [0.5, 0.6) is 0 Å². The molecule has 4 heteroatoms. The van der Waals surface area contributed by atoms with Gasteiger partial charge in [-0.2, -0.15) is 0 Å². The van der Waals surface area contributed by atoms with Crippen LogP contribution in [-0.2, 0) is 4.74 Å². The number of pyridine rings is 1. The Hall–Kier alpha value is -0.970. The molecule has 0 bridgehead atoms. The molecular weight excluding hydrogens is 226 g/mol. The van der Waals surface area contributed by atoms with Crippen molar-refractivity contribution in [2.75, 3.05) is 20.7 Å². The van der Waals surface area contributed by atoms with E-state index in [2.05, 4.69) is 30.8 Å². The summed E-state index contributed by atoms with van der Waals surface area (Å²) in [4.78, 5) is 6.67. The zero-order valence-electron chi connectivity index (χ0n) is 11.8. The summed E-state index contributed by atoms with van der Waals surface area (Å²) in [5.74, 6) is 0. The van der Waals surface area contributed by atoms with Crippen LogP contribution in [0.4, 0.5) is 0 Å². The van der Waals surface area contributed by atoms with Crippen molar-refractivity contribution >= 4 is 0 Å². The highest BCUT2D eigenvalue weighted by atomic mass is 16.5. The van der Waals surface area contributed by atoms with Gasteiger partial charge in [-0.1, -0.05) is 13.0 Å². The van der Waals surface area contributed by atoms with E-state index in [0.29, 0.717) is 0 Å². The van der Waals surface area contributed by atoms with Crippen molar-refractivity contribution in [2.24, 2.45) is 5.73 Å². The smallest absolute Gasteiger partial charge is 0.0671 e. The third-order valence-electron chi connectivity index (χ3n) is 3.29. The second-order valence-electron chi connectivity index (χ2n) is 4.76. The van der Waals surface area contributed by atoms with Gasteiger partial charge >= 0.3 is 0 Å². The number of methoxy groups -OCH3 is 1. The molecule has 0 fully saturated rings. The lowest BCUT2D eigenvalue weighted by Crippen LogP contribution is -2.42. The summed E-state index contributed by atoms with van der Waals surface area (Å²) in [5, 5.41) is 0. The molecule has 3 unspecified atom stereocenters. The van der Waals surface area contributed by atoms with Crippen LogP contribution in [0.1, 0.15) is 32.0 Å². The van der Waals surface area contributed by atoms with Gasteiger partial charge in [0.25, 0.3) is 0 Å². The SMILES string of the molecule is CCC(N)C(c1ccccn1)N(C)CC(C)OC. The van der Waals surface area contributed by atoms with Crippen LogP contribution in [0.3, 0.4) is 0 Å². The van der Waals surface area contributed by atoms with Crippen molar-refractivity contribution in [2.45, 2.75) is 38.5 Å². The molecule has 0 amide bonds. The lowest BCUT2D eigenvalue weighted by atomic mass is 10.0. The van der Waals surface area contributed by atoms with Crippen LogP contribution in [0.25, 0.3) is 0 Å². The standard InChI is InChI=1S/C14H25N3O/c1-5-12(15)14(13-8-6-7-9-16-13)17(3)10-11(2)18-4/h6-9,11-12,14H,5,10,15H2,1-4H3. The molecule has 102 valence electrons. The Bertz CT molecular complexity index is 331. The minimum Gasteiger partial charge on any atom is -0.380 e. The third kappa shape index (κ3) is 4.05. The van der Waals surface area contributed by atoms with E-state index in [1.54, 1.807) is 7.11 Å². The van der Waals surface area contributed by atoms with Crippen LogP contribution in [0.2, 0.25) is 0 Å². The molecule has 0 aliphatic carbocycles. The van der Waals surface area contributed by atoms with Crippen LogP contribution in [0.15, 0.2) is 24.4 Å². The predicted octanol–water partition coefficient (Wildman–Crippen LogP) is 1.83. The fourth-order valence-corrected chi connectivity index (χ4v) is 2.14. The first-order chi connectivity index (χ1) is 8.60. The highest BCUT2D eigenvalue weighted by molar-refractivity contribution is 5.11. The molecule has 0 aliphatic rings. The third-order valence-corrected chi connectivity index (χ3v) is 3.29. The first-order valence-electron chi connectivity index (χ1n) is 6.49. The van der Waals surface area contributed by atoms with Gasteiger partial charge in [-0.15, -0.1) is 0 Å². The van der Waals surface area contributed by atoms with Gasteiger partial charge in [-0.25, -0.2) is 0 Å². The van der Waals surface area contributed by atoms with Crippen molar-refractivity contribution in [1.29, 1.82) is 0 Å². The summed E-state index contributed by atoms with van der Waals surface area (Å²) in [6, 6.07) is 6.18. The Morgan fingerprint density at radius 2 is 2.17 bits per heavy atom. The number of ether oxygens (including phenoxy) is 1. The number of nitrogens with two attached hydrogens (primary N) is 1. The number of aromatic nitrogens is 1. The highest BCUT2D eigenvalue weighted by Gasteiger charge is 2.25. The monoisotopic (exact) mass is 251 g/mol. The Morgan fingerprint density at radius 1 is 1.44 bits per heavy atom. The topological polar surface area (TPSA) is 51.4 Å². The lowest BCUT2D eigenvalue weighted by molar-refractivity contribution is 0.0651. The minimum atomic E-state index is 0.0777. The Kier molecular flexibility index (Phi) is 6.25. The van der Waals surface area contributed by atoms with Crippen LogP contribution in [0, 0.1) is 0 Å². The zero-order valence-corrected chi connectivity index (χ0v) is 11.8. The average molecular weight is 251 g/mol. The predicted molar refractivity (Wildman–Crippen MR) is 74.3 cm³/mol. The normalized spacial score (nSPS) is 16.6. The van der Waals surface area contributed by atoms with E-state index in [1.807, 2.05) is 24.4 Å². The molecule has 0 aliphatic heterocycles. The molecule has 0 saturated carbocycles. The van der Waals surface area contributed by atoms with Crippen LogP contribution < -0.4 is 5.73 Å². The molecule has 0 radical (unpaired) electrons. The van der Waals surface area contributed by atoms with Gasteiger partial charge in [0, 0.05) is 25.9 Å². The van der Waals surface area contributed by atoms with Crippen molar-refractivity contribution < 1.29 is 4.74 Å². The number of hydrogen-bond acceptors (Lipinski definition) is 4. The Morgan fingerprint density at radius 3 is 2.67 bits per heavy atom. The van der Waals surface area contributed by atoms with Crippen molar-refractivity contribution in [3.63, 3.8) is 0 Å². The summed E-state index contributed by atoms with van der Waals surface area (Å²) < 4.78 is 5.32. The maximum absolute atomic E-state index is 6.24. The number of hydrogen-bond donors (Lipinski definition) is 1. The lowest BCUT2D eigenvalue weighted by Gasteiger charge is -2.33. The molecule has 4 nitrogen and oxygen atoms in total. The quantitative estimate of drug-likeness (QED) is 0.803. The largest absolute Gasteiger partial charge is 0.380 e. The van der Waals surface area contributed by atoms with E-state index >= 15 is 0 Å². The van der Waals surface area contributed by atoms with Gasteiger partial charge in [0.05, 0.1) is 17.8 Å². The second kappa shape index (κ2) is 7.46. The van der Waals surface area contributed by atoms with Gasteiger partial charge in [0.15, 0.2) is 0 Å². The van der Waals surface area contributed by atoms with E-state index in [0.717, 1.165) is 18.7 Å². The summed E-state index contributed by atoms with van der Waals surface area (Å²) in [5.41, 5.74) is 7.27. The molecule has 18 heavy (non-hydrogen) atoms. The van der Waals surface area contributed by atoms with Gasteiger partial charge in [0.2, 0.25) is 0 Å². The first-order valence-corrected chi connectivity index (χ1v) is 6.49. The fourth-order valence-electron chi connectivity index (χ4n) is 2.14. The second-order valence-corrected chi connectivity index (χ2v) is 4.76. The van der Waals surface area contributed by atoms with Crippen molar-refractivity contribution in [3.05, 3.63) is 30.1 Å². The maximum Gasteiger partial charge on any atom is 0.0671 e. The summed E-state index contributed by atoms with van der Waals surface area (Å²) in [7, 11) is 3.80. The van der Waals surface area contributed by atoms with E-state index in [4.69, 9.17) is 10.5 Å². The highest BCUT2D eigenvalue weighted by Crippen LogP contribution is 2.22. The molecule has 3 atom stereocenters. The van der Waals surface area contributed by atoms with Gasteiger partial charge < -0.3 is 10.5 Å². The van der Waals surface area contributed by atoms with Gasteiger partial charge in [0.1, 0.15) is 0 Å². The van der Waals surface area contributed by atoms with Gasteiger partial charge in [-0.3, -0.25) is 9.88 Å². The Labute approximate surface area is 110 Å². The molecule has 1 rings (SSSR count). The summed E-state index contributed by atoms with van der Waals surface area (Å²) >= 11 is 0. The summed E-state index contributed by atoms with van der Waals surface area (Å²) in [6.07, 6.45) is 2.93. The molecular formula is C14H25N3O. The summed E-state index contributed by atoms with van der Waals surface area (Å²) in [6.45, 7) is 5.00. The van der Waals surface area contributed by atoms with Crippen LogP contribution >= 0.6 is 0 Å². The average Bonchev–Trinajstić information content (AvgIpc) is 2.39. The van der Waals surface area contributed by atoms with Crippen molar-refractivity contribution in [1.82, 2.24) is 9.88 Å². The van der Waals surface area contributed by atoms with E-state index < -0.39 is 0 Å². The zero-order chi connectivity index (χ0) is 13.5. The minimum absolute atomic E-state index is 0.0777. The maximum atomic E-state index is 6.24. The van der Waals surface area contributed by atoms with E-state index in [9.17, 15) is 0 Å². The molecule has 0 spiro atoms. The fraction of sp³-hybridized carbons (Fsp3) is 0.643. The first kappa shape index (κ1) is 15.1. The number of nitrogens with zero attached hydrogens (tertiary/aromatic N) is 2. The molecule has 1 heterocycles. The Balaban J connectivity index is 2.85.